The van der Waals surface area contributed by atoms with Gasteiger partial charge in [-0.25, -0.2) is 4.68 Å². The molecule has 1 aliphatic rings. The molecule has 1 aromatic heterocycles. The summed E-state index contributed by atoms with van der Waals surface area (Å²) in [5, 5.41) is 22.9. The number of aliphatic hydroxyl groups is 1. The lowest BCUT2D eigenvalue weighted by atomic mass is 9.88. The molecule has 21 heavy (non-hydrogen) atoms. The summed E-state index contributed by atoms with van der Waals surface area (Å²) >= 11 is 5.97. The Labute approximate surface area is 128 Å². The van der Waals surface area contributed by atoms with Gasteiger partial charge >= 0.3 is 0 Å². The van der Waals surface area contributed by atoms with Crippen molar-refractivity contribution in [3.63, 3.8) is 0 Å². The quantitative estimate of drug-likeness (QED) is 0.909. The molecular formula is C15H19ClN4O. The third-order valence-electron chi connectivity index (χ3n) is 3.99. The zero-order valence-corrected chi connectivity index (χ0v) is 12.8. The number of rotatable bonds is 3. The second-order valence-corrected chi connectivity index (χ2v) is 6.17. The minimum Gasteiger partial charge on any atom is -0.389 e. The van der Waals surface area contributed by atoms with E-state index in [1.54, 1.807) is 4.68 Å². The summed E-state index contributed by atoms with van der Waals surface area (Å²) in [6.07, 6.45) is 3.93. The van der Waals surface area contributed by atoms with Gasteiger partial charge in [0.15, 0.2) is 0 Å². The van der Waals surface area contributed by atoms with Crippen LogP contribution in [0.5, 0.6) is 0 Å². The van der Waals surface area contributed by atoms with Crippen LogP contribution in [0.25, 0.3) is 5.69 Å². The highest BCUT2D eigenvalue weighted by atomic mass is 35.5. The highest BCUT2D eigenvalue weighted by Gasteiger charge is 2.30. The Hall–Kier alpha value is -1.43. The molecule has 0 radical (unpaired) electrons. The van der Waals surface area contributed by atoms with Gasteiger partial charge in [0.05, 0.1) is 23.2 Å². The largest absolute Gasteiger partial charge is 0.389 e. The molecule has 2 heterocycles. The Kier molecular flexibility index (Phi) is 3.97. The van der Waals surface area contributed by atoms with Crippen LogP contribution < -0.4 is 5.32 Å². The fraction of sp³-hybridized carbons (Fsp3) is 0.467. The van der Waals surface area contributed by atoms with Crippen molar-refractivity contribution in [3.05, 3.63) is 40.7 Å². The zero-order chi connectivity index (χ0) is 14.9. The Morgan fingerprint density at radius 2 is 2.14 bits per heavy atom. The first-order valence-electron chi connectivity index (χ1n) is 7.17. The van der Waals surface area contributed by atoms with E-state index in [2.05, 4.69) is 15.6 Å². The van der Waals surface area contributed by atoms with Crippen molar-refractivity contribution in [3.8, 4) is 5.69 Å². The van der Waals surface area contributed by atoms with Gasteiger partial charge in [-0.3, -0.25) is 0 Å². The molecule has 0 unspecified atom stereocenters. The minimum absolute atomic E-state index is 0.543. The standard InChI is InChI=1S/C15H19ClN4O/c1-11-8-12(16)2-3-14(11)20-10-13(18-19-20)9-15(21)4-6-17-7-5-15/h2-3,8,10,17,21H,4-7,9H2,1H3. The maximum absolute atomic E-state index is 10.6. The number of benzene rings is 1. The lowest BCUT2D eigenvalue weighted by molar-refractivity contribution is 0.01000. The summed E-state index contributed by atoms with van der Waals surface area (Å²) in [6, 6.07) is 5.67. The number of hydrogen-bond donors (Lipinski definition) is 2. The molecule has 1 aromatic carbocycles. The summed E-state index contributed by atoms with van der Waals surface area (Å²) < 4.78 is 1.74. The van der Waals surface area contributed by atoms with E-state index in [1.165, 1.54) is 0 Å². The number of hydrogen-bond acceptors (Lipinski definition) is 4. The van der Waals surface area contributed by atoms with E-state index in [4.69, 9.17) is 11.6 Å². The smallest absolute Gasteiger partial charge is 0.0860 e. The summed E-state index contributed by atoms with van der Waals surface area (Å²) in [7, 11) is 0. The van der Waals surface area contributed by atoms with E-state index in [1.807, 2.05) is 31.3 Å². The van der Waals surface area contributed by atoms with Crippen molar-refractivity contribution in [2.24, 2.45) is 0 Å². The van der Waals surface area contributed by atoms with Crippen molar-refractivity contribution in [1.82, 2.24) is 20.3 Å². The molecule has 0 saturated carbocycles. The third-order valence-corrected chi connectivity index (χ3v) is 4.23. The topological polar surface area (TPSA) is 63.0 Å². The summed E-state index contributed by atoms with van der Waals surface area (Å²) in [5.41, 5.74) is 2.14. The van der Waals surface area contributed by atoms with Crippen molar-refractivity contribution in [1.29, 1.82) is 0 Å². The lowest BCUT2D eigenvalue weighted by Gasteiger charge is -2.31. The van der Waals surface area contributed by atoms with Gasteiger partial charge in [0.25, 0.3) is 0 Å². The van der Waals surface area contributed by atoms with Gasteiger partial charge in [-0.05, 0) is 56.6 Å². The Morgan fingerprint density at radius 1 is 1.38 bits per heavy atom. The first-order valence-corrected chi connectivity index (χ1v) is 7.54. The fourth-order valence-corrected chi connectivity index (χ4v) is 3.01. The molecule has 1 saturated heterocycles. The molecule has 0 spiro atoms. The molecule has 1 fully saturated rings. The fourth-order valence-electron chi connectivity index (χ4n) is 2.78. The van der Waals surface area contributed by atoms with Crippen LogP contribution in [-0.4, -0.2) is 38.8 Å². The number of nitrogens with zero attached hydrogens (tertiary/aromatic N) is 3. The van der Waals surface area contributed by atoms with Crippen LogP contribution in [0.4, 0.5) is 0 Å². The molecule has 3 rings (SSSR count). The maximum Gasteiger partial charge on any atom is 0.0860 e. The zero-order valence-electron chi connectivity index (χ0n) is 12.0. The van der Waals surface area contributed by atoms with Crippen molar-refractivity contribution in [2.45, 2.75) is 31.8 Å². The first-order chi connectivity index (χ1) is 10.1. The predicted octanol–water partition coefficient (Wildman–Crippen LogP) is 1.89. The van der Waals surface area contributed by atoms with Crippen molar-refractivity contribution < 1.29 is 5.11 Å². The van der Waals surface area contributed by atoms with E-state index >= 15 is 0 Å². The number of aryl methyl sites for hydroxylation is 1. The third kappa shape index (κ3) is 3.26. The van der Waals surface area contributed by atoms with E-state index in [9.17, 15) is 5.11 Å². The van der Waals surface area contributed by atoms with E-state index in [0.717, 1.165) is 42.9 Å². The highest BCUT2D eigenvalue weighted by Crippen LogP contribution is 2.23. The Balaban J connectivity index is 1.80. The van der Waals surface area contributed by atoms with Crippen LogP contribution in [0.15, 0.2) is 24.4 Å². The molecule has 1 aliphatic heterocycles. The van der Waals surface area contributed by atoms with E-state index in [-0.39, 0.29) is 0 Å². The second kappa shape index (κ2) is 5.75. The SMILES string of the molecule is Cc1cc(Cl)ccc1-n1cc(CC2(O)CCNCC2)nn1. The van der Waals surface area contributed by atoms with Crippen LogP contribution in [-0.2, 0) is 6.42 Å². The average Bonchev–Trinajstić information content (AvgIpc) is 2.87. The number of piperidine rings is 1. The molecule has 6 heteroatoms. The van der Waals surface area contributed by atoms with Gasteiger partial charge < -0.3 is 10.4 Å². The monoisotopic (exact) mass is 306 g/mol. The van der Waals surface area contributed by atoms with Crippen LogP contribution >= 0.6 is 11.6 Å². The maximum atomic E-state index is 10.6. The second-order valence-electron chi connectivity index (χ2n) is 5.74. The lowest BCUT2D eigenvalue weighted by Crippen LogP contribution is -2.43. The van der Waals surface area contributed by atoms with Crippen molar-refractivity contribution in [2.75, 3.05) is 13.1 Å². The molecule has 0 atom stereocenters. The molecule has 0 bridgehead atoms. The van der Waals surface area contributed by atoms with E-state index in [0.29, 0.717) is 11.4 Å². The van der Waals surface area contributed by atoms with Gasteiger partial charge in [-0.15, -0.1) is 5.10 Å². The average molecular weight is 307 g/mol. The molecule has 2 N–H and O–H groups in total. The van der Waals surface area contributed by atoms with Crippen LogP contribution in [0.1, 0.15) is 24.1 Å². The van der Waals surface area contributed by atoms with Gasteiger partial charge in [-0.2, -0.15) is 0 Å². The summed E-state index contributed by atoms with van der Waals surface area (Å²) in [4.78, 5) is 0. The van der Waals surface area contributed by atoms with Crippen LogP contribution in [0.2, 0.25) is 5.02 Å². The summed E-state index contributed by atoms with van der Waals surface area (Å²) in [5.74, 6) is 0. The van der Waals surface area contributed by atoms with E-state index < -0.39 is 5.60 Å². The minimum atomic E-state index is -0.666. The summed E-state index contributed by atoms with van der Waals surface area (Å²) in [6.45, 7) is 3.69. The molecule has 112 valence electrons. The molecule has 2 aromatic rings. The van der Waals surface area contributed by atoms with Crippen molar-refractivity contribution >= 4 is 11.6 Å². The number of halogens is 1. The Bertz CT molecular complexity index is 634. The number of nitrogens with one attached hydrogen (secondary N) is 1. The normalized spacial score (nSPS) is 17.9. The molecule has 5 nitrogen and oxygen atoms in total. The highest BCUT2D eigenvalue weighted by molar-refractivity contribution is 6.30. The van der Waals surface area contributed by atoms with Gasteiger partial charge in [0.2, 0.25) is 0 Å². The van der Waals surface area contributed by atoms with Gasteiger partial charge in [0.1, 0.15) is 0 Å². The predicted molar refractivity (Wildman–Crippen MR) is 81.9 cm³/mol. The molecular weight excluding hydrogens is 288 g/mol. The first kappa shape index (κ1) is 14.5. The number of aromatic nitrogens is 3. The van der Waals surface area contributed by atoms with Gasteiger partial charge in [0, 0.05) is 11.4 Å². The van der Waals surface area contributed by atoms with Crippen LogP contribution in [0, 0.1) is 6.92 Å². The van der Waals surface area contributed by atoms with Gasteiger partial charge in [-0.1, -0.05) is 16.8 Å². The molecule has 0 amide bonds. The molecule has 0 aliphatic carbocycles. The Morgan fingerprint density at radius 3 is 2.86 bits per heavy atom. The van der Waals surface area contributed by atoms with Crippen LogP contribution in [0.3, 0.4) is 0 Å².